The summed E-state index contributed by atoms with van der Waals surface area (Å²) in [5, 5.41) is 18.6. The normalized spacial score (nSPS) is 24.3. The lowest BCUT2D eigenvalue weighted by Crippen LogP contribution is -2.29. The van der Waals surface area contributed by atoms with Gasteiger partial charge in [0.25, 0.3) is 0 Å². The highest BCUT2D eigenvalue weighted by molar-refractivity contribution is 5.42. The Bertz CT molecular complexity index is 508. The van der Waals surface area contributed by atoms with Gasteiger partial charge in [-0.05, 0) is 41.3 Å². The van der Waals surface area contributed by atoms with E-state index in [2.05, 4.69) is 25.9 Å². The number of nitrogens with one attached hydrogen (secondary N) is 1. The van der Waals surface area contributed by atoms with Crippen molar-refractivity contribution in [3.8, 4) is 0 Å². The lowest BCUT2D eigenvalue weighted by molar-refractivity contribution is 0.504. The van der Waals surface area contributed by atoms with Crippen molar-refractivity contribution in [2.75, 3.05) is 11.9 Å². The molecule has 1 aliphatic rings. The number of fused-ring (bicyclic) bond motifs is 1. The molecule has 0 amide bonds. The van der Waals surface area contributed by atoms with Crippen LogP contribution in [0.4, 0.5) is 5.82 Å². The second-order valence-corrected chi connectivity index (χ2v) is 4.48. The first kappa shape index (κ1) is 10.4. The summed E-state index contributed by atoms with van der Waals surface area (Å²) in [5.74, 6) is 1.32. The molecule has 0 aromatic carbocycles. The maximum atomic E-state index is 6.02. The molecule has 1 aliphatic carbocycles. The van der Waals surface area contributed by atoms with Gasteiger partial charge in [-0.15, -0.1) is 14.8 Å². The van der Waals surface area contributed by atoms with Crippen LogP contribution in [0.25, 0.3) is 5.65 Å². The van der Waals surface area contributed by atoms with Crippen molar-refractivity contribution < 1.29 is 0 Å². The van der Waals surface area contributed by atoms with Gasteiger partial charge in [0.1, 0.15) is 5.82 Å². The van der Waals surface area contributed by atoms with Crippen LogP contribution in [0, 0.1) is 5.92 Å². The summed E-state index contributed by atoms with van der Waals surface area (Å²) in [6.45, 7) is 0.863. The first-order chi connectivity index (χ1) is 8.33. The topological polar surface area (TPSA) is 94.0 Å². The van der Waals surface area contributed by atoms with E-state index < -0.39 is 0 Å². The summed E-state index contributed by atoms with van der Waals surface area (Å²) in [6.07, 6.45) is 3.56. The predicted molar refractivity (Wildman–Crippen MR) is 62.4 cm³/mol. The van der Waals surface area contributed by atoms with Gasteiger partial charge >= 0.3 is 0 Å². The molecule has 0 saturated heterocycles. The molecule has 0 spiro atoms. The Morgan fingerprint density at radius 3 is 3.18 bits per heavy atom. The zero-order valence-corrected chi connectivity index (χ0v) is 9.45. The Morgan fingerprint density at radius 1 is 1.41 bits per heavy atom. The molecule has 2 unspecified atom stereocenters. The lowest BCUT2D eigenvalue weighted by Gasteiger charge is -2.15. The lowest BCUT2D eigenvalue weighted by atomic mass is 10.1. The maximum Gasteiger partial charge on any atom is 0.200 e. The van der Waals surface area contributed by atoms with E-state index in [1.807, 2.05) is 12.1 Å². The highest BCUT2D eigenvalue weighted by Gasteiger charge is 2.23. The van der Waals surface area contributed by atoms with Gasteiger partial charge in [-0.25, -0.2) is 0 Å². The zero-order chi connectivity index (χ0) is 11.7. The summed E-state index contributed by atoms with van der Waals surface area (Å²) in [4.78, 5) is 0. The number of nitrogens with zero attached hydrogens (tertiary/aromatic N) is 5. The van der Waals surface area contributed by atoms with Crippen molar-refractivity contribution in [2.24, 2.45) is 11.7 Å². The van der Waals surface area contributed by atoms with Crippen LogP contribution in [-0.4, -0.2) is 37.8 Å². The zero-order valence-electron chi connectivity index (χ0n) is 9.45. The molecule has 2 atom stereocenters. The van der Waals surface area contributed by atoms with E-state index in [4.69, 9.17) is 5.73 Å². The molecule has 0 bridgehead atoms. The van der Waals surface area contributed by atoms with Crippen LogP contribution in [0.5, 0.6) is 0 Å². The van der Waals surface area contributed by atoms with Crippen LogP contribution in [0.1, 0.15) is 19.3 Å². The fourth-order valence-corrected chi connectivity index (χ4v) is 2.30. The highest BCUT2D eigenvalue weighted by atomic mass is 15.6. The largest absolute Gasteiger partial charge is 0.368 e. The molecule has 1 saturated carbocycles. The molecular weight excluding hydrogens is 218 g/mol. The number of tetrazole rings is 1. The van der Waals surface area contributed by atoms with Crippen molar-refractivity contribution >= 4 is 11.5 Å². The minimum absolute atomic E-state index is 0.319. The standard InChI is InChI=1S/C10H15N7/c11-8-3-1-2-7(8)6-12-9-4-5-10-13-15-16-17(10)14-9/h4-5,7-8H,1-3,6,11H2,(H,12,14). The number of anilines is 1. The number of rotatable bonds is 3. The van der Waals surface area contributed by atoms with Crippen molar-refractivity contribution in [3.63, 3.8) is 0 Å². The molecule has 2 heterocycles. The average molecular weight is 233 g/mol. The van der Waals surface area contributed by atoms with Crippen LogP contribution in [0.15, 0.2) is 12.1 Å². The smallest absolute Gasteiger partial charge is 0.200 e. The monoisotopic (exact) mass is 233 g/mol. The van der Waals surface area contributed by atoms with E-state index in [1.54, 1.807) is 0 Å². The number of nitrogens with two attached hydrogens (primary N) is 1. The minimum Gasteiger partial charge on any atom is -0.368 e. The number of hydrogen-bond donors (Lipinski definition) is 2. The van der Waals surface area contributed by atoms with E-state index in [-0.39, 0.29) is 0 Å². The fourth-order valence-electron chi connectivity index (χ4n) is 2.30. The van der Waals surface area contributed by atoms with Crippen molar-refractivity contribution in [3.05, 3.63) is 12.1 Å². The van der Waals surface area contributed by atoms with E-state index in [1.165, 1.54) is 17.5 Å². The summed E-state index contributed by atoms with van der Waals surface area (Å²) in [6, 6.07) is 4.04. The highest BCUT2D eigenvalue weighted by Crippen LogP contribution is 2.23. The van der Waals surface area contributed by atoms with Gasteiger partial charge in [-0.2, -0.15) is 0 Å². The van der Waals surface area contributed by atoms with Gasteiger partial charge in [-0.3, -0.25) is 0 Å². The second kappa shape index (κ2) is 4.25. The quantitative estimate of drug-likeness (QED) is 0.778. The summed E-state index contributed by atoms with van der Waals surface area (Å²) < 4.78 is 1.41. The molecule has 3 rings (SSSR count). The van der Waals surface area contributed by atoms with E-state index >= 15 is 0 Å². The molecule has 0 radical (unpaired) electrons. The molecule has 3 N–H and O–H groups in total. The van der Waals surface area contributed by atoms with Gasteiger partial charge in [0.15, 0.2) is 5.65 Å². The number of hydrogen-bond acceptors (Lipinski definition) is 6. The molecular formula is C10H15N7. The van der Waals surface area contributed by atoms with Crippen LogP contribution in [0.2, 0.25) is 0 Å². The third-order valence-electron chi connectivity index (χ3n) is 3.33. The Hall–Kier alpha value is -1.76. The summed E-state index contributed by atoms with van der Waals surface area (Å²) in [7, 11) is 0. The Labute approximate surface area is 98.4 Å². The fraction of sp³-hybridized carbons (Fsp3) is 0.600. The predicted octanol–water partition coefficient (Wildman–Crippen LogP) is 0.0586. The average Bonchev–Trinajstić information content (AvgIpc) is 2.94. The molecule has 7 nitrogen and oxygen atoms in total. The Kier molecular flexibility index (Phi) is 2.60. The van der Waals surface area contributed by atoms with Crippen molar-refractivity contribution in [2.45, 2.75) is 25.3 Å². The van der Waals surface area contributed by atoms with E-state index in [9.17, 15) is 0 Å². The van der Waals surface area contributed by atoms with Crippen LogP contribution in [0.3, 0.4) is 0 Å². The third kappa shape index (κ3) is 2.05. The van der Waals surface area contributed by atoms with E-state index in [0.717, 1.165) is 18.8 Å². The summed E-state index contributed by atoms with van der Waals surface area (Å²) >= 11 is 0. The SMILES string of the molecule is NC1CCCC1CNc1ccc2nnnn2n1. The Balaban J connectivity index is 1.67. The van der Waals surface area contributed by atoms with Crippen LogP contribution in [-0.2, 0) is 0 Å². The molecule has 7 heteroatoms. The van der Waals surface area contributed by atoms with Gasteiger partial charge in [-0.1, -0.05) is 6.42 Å². The molecule has 1 fully saturated rings. The van der Waals surface area contributed by atoms with Gasteiger partial charge in [0.2, 0.25) is 0 Å². The second-order valence-electron chi connectivity index (χ2n) is 4.48. The van der Waals surface area contributed by atoms with Gasteiger partial charge < -0.3 is 11.1 Å². The van der Waals surface area contributed by atoms with Gasteiger partial charge in [0.05, 0.1) is 0 Å². The first-order valence-electron chi connectivity index (χ1n) is 5.88. The molecule has 2 aromatic rings. The van der Waals surface area contributed by atoms with Crippen molar-refractivity contribution in [1.29, 1.82) is 0 Å². The molecule has 0 aliphatic heterocycles. The van der Waals surface area contributed by atoms with Gasteiger partial charge in [0, 0.05) is 12.6 Å². The summed E-state index contributed by atoms with van der Waals surface area (Å²) in [5.41, 5.74) is 6.67. The molecule has 17 heavy (non-hydrogen) atoms. The minimum atomic E-state index is 0.319. The third-order valence-corrected chi connectivity index (χ3v) is 3.33. The van der Waals surface area contributed by atoms with Crippen LogP contribution >= 0.6 is 0 Å². The van der Waals surface area contributed by atoms with Crippen molar-refractivity contribution in [1.82, 2.24) is 25.3 Å². The Morgan fingerprint density at radius 2 is 2.35 bits per heavy atom. The number of aromatic nitrogens is 5. The first-order valence-corrected chi connectivity index (χ1v) is 5.88. The molecule has 2 aromatic heterocycles. The van der Waals surface area contributed by atoms with Crippen LogP contribution < -0.4 is 11.1 Å². The van der Waals surface area contributed by atoms with E-state index in [0.29, 0.717) is 17.6 Å². The molecule has 90 valence electrons. The maximum absolute atomic E-state index is 6.02.